The molecular weight excluding hydrogens is 205 g/mol. The summed E-state index contributed by atoms with van der Waals surface area (Å²) in [6.07, 6.45) is 0.996. The minimum atomic E-state index is -0.236. The highest BCUT2D eigenvalue weighted by atomic mass is 19.1. The van der Waals surface area contributed by atoms with Gasteiger partial charge in [-0.3, -0.25) is 0 Å². The lowest BCUT2D eigenvalue weighted by molar-refractivity contribution is 0.522. The first-order valence-corrected chi connectivity index (χ1v) is 5.35. The van der Waals surface area contributed by atoms with E-state index >= 15 is 0 Å². The van der Waals surface area contributed by atoms with Gasteiger partial charge in [-0.2, -0.15) is 0 Å². The van der Waals surface area contributed by atoms with Crippen LogP contribution in [0.1, 0.15) is 18.1 Å². The number of halogens is 1. The van der Waals surface area contributed by atoms with E-state index in [9.17, 15) is 4.39 Å². The topological polar surface area (TPSA) is 39.2 Å². The molecule has 1 aromatic heterocycles. The number of hydrogen-bond acceptors (Lipinski definition) is 2. The summed E-state index contributed by atoms with van der Waals surface area (Å²) in [5.74, 6) is 1.84. The van der Waals surface area contributed by atoms with Gasteiger partial charge in [0.05, 0.1) is 0 Å². The summed E-state index contributed by atoms with van der Waals surface area (Å²) in [6, 6.07) is 10.4. The van der Waals surface area contributed by atoms with Crippen LogP contribution in [0.4, 0.5) is 4.39 Å². The zero-order valence-electron chi connectivity index (χ0n) is 8.69. The number of benzene rings is 1. The first-order chi connectivity index (χ1) is 7.74. The van der Waals surface area contributed by atoms with Crippen LogP contribution in [0.25, 0.3) is 11.3 Å². The van der Waals surface area contributed by atoms with Gasteiger partial charge in [0.25, 0.3) is 0 Å². The summed E-state index contributed by atoms with van der Waals surface area (Å²) >= 11 is 0. The Labute approximate surface area is 92.9 Å². The maximum absolute atomic E-state index is 12.7. The number of nitrogens with two attached hydrogens (primary N) is 1. The van der Waals surface area contributed by atoms with Gasteiger partial charge in [-0.15, -0.1) is 0 Å². The maximum atomic E-state index is 12.7. The fraction of sp³-hybridized carbons (Fsp3) is 0.231. The zero-order chi connectivity index (χ0) is 11.1. The summed E-state index contributed by atoms with van der Waals surface area (Å²) in [4.78, 5) is 0. The molecule has 0 amide bonds. The molecular formula is C13H12FNO. The molecule has 2 atom stereocenters. The number of hydrogen-bond donors (Lipinski definition) is 1. The summed E-state index contributed by atoms with van der Waals surface area (Å²) < 4.78 is 18.5. The molecule has 0 saturated heterocycles. The second kappa shape index (κ2) is 3.46. The summed E-state index contributed by atoms with van der Waals surface area (Å²) in [5, 5.41) is 0. The highest BCUT2D eigenvalue weighted by Gasteiger charge is 2.37. The predicted octanol–water partition coefficient (Wildman–Crippen LogP) is 2.90. The summed E-state index contributed by atoms with van der Waals surface area (Å²) in [6.45, 7) is 0. The van der Waals surface area contributed by atoms with Crippen molar-refractivity contribution in [3.8, 4) is 11.3 Å². The van der Waals surface area contributed by atoms with Crippen molar-refractivity contribution >= 4 is 0 Å². The van der Waals surface area contributed by atoms with Gasteiger partial charge in [0.15, 0.2) is 0 Å². The monoisotopic (exact) mass is 217 g/mol. The third-order valence-corrected chi connectivity index (χ3v) is 2.96. The van der Waals surface area contributed by atoms with E-state index in [2.05, 4.69) is 0 Å². The van der Waals surface area contributed by atoms with Crippen molar-refractivity contribution in [3.63, 3.8) is 0 Å². The first-order valence-electron chi connectivity index (χ1n) is 5.35. The minimum absolute atomic E-state index is 0.236. The van der Waals surface area contributed by atoms with Crippen molar-refractivity contribution in [1.29, 1.82) is 0 Å². The predicted molar refractivity (Wildman–Crippen MR) is 59.4 cm³/mol. The molecule has 2 nitrogen and oxygen atoms in total. The van der Waals surface area contributed by atoms with Crippen LogP contribution in [-0.2, 0) is 0 Å². The van der Waals surface area contributed by atoms with Gasteiger partial charge in [0, 0.05) is 17.5 Å². The molecule has 2 aromatic rings. The molecule has 0 unspecified atom stereocenters. The van der Waals surface area contributed by atoms with E-state index in [0.717, 1.165) is 23.5 Å². The lowest BCUT2D eigenvalue weighted by Gasteiger charge is -1.96. The molecule has 1 aliphatic carbocycles. The molecule has 82 valence electrons. The average molecular weight is 217 g/mol. The van der Waals surface area contributed by atoms with E-state index in [-0.39, 0.29) is 11.9 Å². The molecule has 16 heavy (non-hydrogen) atoms. The van der Waals surface area contributed by atoms with Crippen LogP contribution in [0.2, 0.25) is 0 Å². The van der Waals surface area contributed by atoms with Crippen LogP contribution in [0.5, 0.6) is 0 Å². The molecule has 1 aliphatic rings. The van der Waals surface area contributed by atoms with Gasteiger partial charge in [0.1, 0.15) is 17.3 Å². The molecule has 3 rings (SSSR count). The van der Waals surface area contributed by atoms with Crippen LogP contribution < -0.4 is 5.73 Å². The van der Waals surface area contributed by atoms with E-state index in [4.69, 9.17) is 10.2 Å². The largest absolute Gasteiger partial charge is 0.461 e. The zero-order valence-corrected chi connectivity index (χ0v) is 8.69. The van der Waals surface area contributed by atoms with E-state index < -0.39 is 0 Å². The van der Waals surface area contributed by atoms with Crippen molar-refractivity contribution < 1.29 is 8.81 Å². The lowest BCUT2D eigenvalue weighted by atomic mass is 10.2. The molecule has 0 spiro atoms. The van der Waals surface area contributed by atoms with Crippen molar-refractivity contribution in [2.45, 2.75) is 18.4 Å². The van der Waals surface area contributed by atoms with Gasteiger partial charge < -0.3 is 10.2 Å². The molecule has 1 heterocycles. The second-order valence-corrected chi connectivity index (χ2v) is 4.21. The van der Waals surface area contributed by atoms with E-state index in [1.807, 2.05) is 12.1 Å². The first kappa shape index (κ1) is 9.60. The minimum Gasteiger partial charge on any atom is -0.461 e. The Morgan fingerprint density at radius 2 is 1.81 bits per heavy atom. The quantitative estimate of drug-likeness (QED) is 0.840. The van der Waals surface area contributed by atoms with Crippen molar-refractivity contribution in [2.24, 2.45) is 5.73 Å². The number of furan rings is 1. The molecule has 2 N–H and O–H groups in total. The van der Waals surface area contributed by atoms with Crippen LogP contribution in [0.3, 0.4) is 0 Å². The summed E-state index contributed by atoms with van der Waals surface area (Å²) in [5.41, 5.74) is 6.65. The third-order valence-electron chi connectivity index (χ3n) is 2.96. The van der Waals surface area contributed by atoms with Gasteiger partial charge in [-0.1, -0.05) is 0 Å². The molecule has 0 radical (unpaired) electrons. The van der Waals surface area contributed by atoms with Gasteiger partial charge in [-0.05, 0) is 42.8 Å². The summed E-state index contributed by atoms with van der Waals surface area (Å²) in [7, 11) is 0. The van der Waals surface area contributed by atoms with Crippen LogP contribution in [0, 0.1) is 5.82 Å². The Hall–Kier alpha value is -1.61. The molecule has 1 saturated carbocycles. The van der Waals surface area contributed by atoms with Crippen molar-refractivity contribution in [2.75, 3.05) is 0 Å². The fourth-order valence-corrected chi connectivity index (χ4v) is 1.86. The Bertz CT molecular complexity index is 503. The molecule has 3 heteroatoms. The highest BCUT2D eigenvalue weighted by molar-refractivity contribution is 5.57. The molecule has 1 aromatic carbocycles. The smallest absolute Gasteiger partial charge is 0.134 e. The number of rotatable bonds is 2. The average Bonchev–Trinajstić information content (AvgIpc) is 2.82. The third kappa shape index (κ3) is 1.63. The van der Waals surface area contributed by atoms with E-state index in [0.29, 0.717) is 5.92 Å². The standard InChI is InChI=1S/C13H12FNO/c14-9-3-1-8(2-4-9)12-5-6-13(16-12)10-7-11(10)15/h1-6,10-11H,7,15H2/t10-,11+/m0/s1. The second-order valence-electron chi connectivity index (χ2n) is 4.21. The Morgan fingerprint density at radius 1 is 1.12 bits per heavy atom. The normalized spacial score (nSPS) is 23.4. The van der Waals surface area contributed by atoms with Gasteiger partial charge in [-0.25, -0.2) is 4.39 Å². The van der Waals surface area contributed by atoms with Crippen LogP contribution in [-0.4, -0.2) is 6.04 Å². The van der Waals surface area contributed by atoms with Crippen molar-refractivity contribution in [1.82, 2.24) is 0 Å². The van der Waals surface area contributed by atoms with Gasteiger partial charge in [0.2, 0.25) is 0 Å². The SMILES string of the molecule is N[C@@H]1C[C@@H]1c1ccc(-c2ccc(F)cc2)o1. The molecule has 0 aliphatic heterocycles. The van der Waals surface area contributed by atoms with Gasteiger partial charge >= 0.3 is 0 Å². The Balaban J connectivity index is 1.89. The fourth-order valence-electron chi connectivity index (χ4n) is 1.86. The molecule has 0 bridgehead atoms. The van der Waals surface area contributed by atoms with E-state index in [1.54, 1.807) is 12.1 Å². The van der Waals surface area contributed by atoms with E-state index in [1.165, 1.54) is 12.1 Å². The van der Waals surface area contributed by atoms with Crippen molar-refractivity contribution in [3.05, 3.63) is 48.0 Å². The van der Waals surface area contributed by atoms with Crippen LogP contribution >= 0.6 is 0 Å². The highest BCUT2D eigenvalue weighted by Crippen LogP contribution is 2.40. The Kier molecular flexibility index (Phi) is 2.07. The van der Waals surface area contributed by atoms with Crippen LogP contribution in [0.15, 0.2) is 40.8 Å². The lowest BCUT2D eigenvalue weighted by Crippen LogP contribution is -2.00. The Morgan fingerprint density at radius 3 is 2.44 bits per heavy atom. The maximum Gasteiger partial charge on any atom is 0.134 e. The molecule has 1 fully saturated rings.